The highest BCUT2D eigenvalue weighted by Gasteiger charge is 2.18. The van der Waals surface area contributed by atoms with Crippen LogP contribution in [0.2, 0.25) is 0 Å². The van der Waals surface area contributed by atoms with Crippen LogP contribution in [0.5, 0.6) is 0 Å². The van der Waals surface area contributed by atoms with Gasteiger partial charge in [0.05, 0.1) is 0 Å². The number of nitrogens with one attached hydrogen (secondary N) is 1. The van der Waals surface area contributed by atoms with Gasteiger partial charge in [0.1, 0.15) is 5.82 Å². The van der Waals surface area contributed by atoms with Crippen LogP contribution >= 0.6 is 0 Å². The molecule has 1 aromatic rings. The van der Waals surface area contributed by atoms with Crippen LogP contribution in [-0.4, -0.2) is 6.54 Å². The Labute approximate surface area is 84.3 Å². The molecule has 14 heavy (non-hydrogen) atoms. The Bertz CT molecular complexity index is 316. The smallest absolute Gasteiger partial charge is 0.123 e. The molecule has 0 aliphatic carbocycles. The topological polar surface area (TPSA) is 12.0 Å². The predicted molar refractivity (Wildman–Crippen MR) is 55.8 cm³/mol. The zero-order chi connectivity index (χ0) is 9.97. The van der Waals surface area contributed by atoms with Gasteiger partial charge >= 0.3 is 0 Å². The Hall–Kier alpha value is -0.890. The minimum atomic E-state index is -0.122. The molecule has 1 atom stereocenters. The lowest BCUT2D eigenvalue weighted by molar-refractivity contribution is 0.611. The maximum atomic E-state index is 13.0. The first-order valence-electron chi connectivity index (χ1n) is 5.33. The van der Waals surface area contributed by atoms with Crippen molar-refractivity contribution in [2.24, 2.45) is 0 Å². The Morgan fingerprint density at radius 3 is 3.00 bits per heavy atom. The lowest BCUT2D eigenvalue weighted by Crippen LogP contribution is -2.14. The van der Waals surface area contributed by atoms with Crippen molar-refractivity contribution >= 4 is 0 Å². The monoisotopic (exact) mass is 193 g/mol. The van der Waals surface area contributed by atoms with Gasteiger partial charge in [-0.15, -0.1) is 0 Å². The van der Waals surface area contributed by atoms with Crippen LogP contribution in [0.15, 0.2) is 18.2 Å². The quantitative estimate of drug-likeness (QED) is 0.761. The highest BCUT2D eigenvalue weighted by atomic mass is 19.1. The van der Waals surface area contributed by atoms with E-state index in [1.54, 1.807) is 12.1 Å². The molecule has 0 unspecified atom stereocenters. The summed E-state index contributed by atoms with van der Waals surface area (Å²) < 4.78 is 13.0. The van der Waals surface area contributed by atoms with E-state index in [2.05, 4.69) is 12.2 Å². The average Bonchev–Trinajstić information content (AvgIpc) is 2.70. The number of hydrogen-bond acceptors (Lipinski definition) is 1. The van der Waals surface area contributed by atoms with Crippen LogP contribution in [-0.2, 0) is 6.42 Å². The molecule has 0 amide bonds. The normalized spacial score (nSPS) is 21.4. The van der Waals surface area contributed by atoms with Gasteiger partial charge < -0.3 is 5.32 Å². The first-order chi connectivity index (χ1) is 6.81. The first kappa shape index (κ1) is 9.66. The molecular formula is C12H16FN. The number of aryl methyl sites for hydroxylation is 1. The van der Waals surface area contributed by atoms with E-state index in [0.29, 0.717) is 6.04 Å². The molecule has 2 heteroatoms. The zero-order valence-corrected chi connectivity index (χ0v) is 8.52. The second kappa shape index (κ2) is 4.09. The van der Waals surface area contributed by atoms with Gasteiger partial charge in [-0.3, -0.25) is 0 Å². The molecule has 1 aliphatic heterocycles. The van der Waals surface area contributed by atoms with Crippen molar-refractivity contribution in [1.82, 2.24) is 5.32 Å². The molecule has 1 N–H and O–H groups in total. The van der Waals surface area contributed by atoms with Crippen LogP contribution in [0.4, 0.5) is 4.39 Å². The van der Waals surface area contributed by atoms with Crippen molar-refractivity contribution in [2.75, 3.05) is 6.54 Å². The molecular weight excluding hydrogens is 177 g/mol. The Morgan fingerprint density at radius 2 is 2.36 bits per heavy atom. The van der Waals surface area contributed by atoms with Crippen molar-refractivity contribution < 1.29 is 4.39 Å². The van der Waals surface area contributed by atoms with Crippen LogP contribution in [0.25, 0.3) is 0 Å². The SMILES string of the molecule is CCc1cc(F)ccc1[C@H]1CCCN1. The summed E-state index contributed by atoms with van der Waals surface area (Å²) in [5.41, 5.74) is 2.43. The fourth-order valence-corrected chi connectivity index (χ4v) is 2.17. The summed E-state index contributed by atoms with van der Waals surface area (Å²) in [6.45, 7) is 3.17. The summed E-state index contributed by atoms with van der Waals surface area (Å²) in [7, 11) is 0. The molecule has 0 spiro atoms. The summed E-state index contributed by atoms with van der Waals surface area (Å²) in [4.78, 5) is 0. The molecule has 0 radical (unpaired) electrons. The molecule has 1 fully saturated rings. The average molecular weight is 193 g/mol. The van der Waals surface area contributed by atoms with Gasteiger partial charge in [-0.25, -0.2) is 4.39 Å². The van der Waals surface area contributed by atoms with Gasteiger partial charge in [0, 0.05) is 6.04 Å². The highest BCUT2D eigenvalue weighted by Crippen LogP contribution is 2.26. The van der Waals surface area contributed by atoms with E-state index in [1.165, 1.54) is 18.4 Å². The van der Waals surface area contributed by atoms with Gasteiger partial charge in [-0.2, -0.15) is 0 Å². The van der Waals surface area contributed by atoms with Crippen molar-refractivity contribution in [2.45, 2.75) is 32.2 Å². The maximum absolute atomic E-state index is 13.0. The number of halogens is 1. The highest BCUT2D eigenvalue weighted by molar-refractivity contribution is 5.31. The summed E-state index contributed by atoms with van der Waals surface area (Å²) in [6, 6.07) is 5.60. The molecule has 0 saturated carbocycles. The standard InChI is InChI=1S/C12H16FN/c1-2-9-8-10(13)5-6-11(9)12-4-3-7-14-12/h5-6,8,12,14H,2-4,7H2,1H3/t12-/m1/s1. The van der Waals surface area contributed by atoms with Crippen molar-refractivity contribution in [3.05, 3.63) is 35.1 Å². The maximum Gasteiger partial charge on any atom is 0.123 e. The largest absolute Gasteiger partial charge is 0.310 e. The lowest BCUT2D eigenvalue weighted by Gasteiger charge is -2.14. The fraction of sp³-hybridized carbons (Fsp3) is 0.500. The Morgan fingerprint density at radius 1 is 1.50 bits per heavy atom. The third-order valence-electron chi connectivity index (χ3n) is 2.92. The van der Waals surface area contributed by atoms with Gasteiger partial charge in [-0.1, -0.05) is 13.0 Å². The molecule has 0 bridgehead atoms. The van der Waals surface area contributed by atoms with E-state index >= 15 is 0 Å². The van der Waals surface area contributed by atoms with Gasteiger partial charge in [-0.05, 0) is 49.1 Å². The molecule has 1 aromatic carbocycles. The minimum absolute atomic E-state index is 0.122. The molecule has 1 aliphatic rings. The predicted octanol–water partition coefficient (Wildman–Crippen LogP) is 2.81. The second-order valence-corrected chi connectivity index (χ2v) is 3.85. The Kier molecular flexibility index (Phi) is 2.82. The van der Waals surface area contributed by atoms with E-state index in [9.17, 15) is 4.39 Å². The molecule has 0 aromatic heterocycles. The fourth-order valence-electron chi connectivity index (χ4n) is 2.17. The lowest BCUT2D eigenvalue weighted by atomic mass is 9.97. The van der Waals surface area contributed by atoms with E-state index in [0.717, 1.165) is 18.5 Å². The van der Waals surface area contributed by atoms with E-state index < -0.39 is 0 Å². The van der Waals surface area contributed by atoms with Crippen LogP contribution in [0.3, 0.4) is 0 Å². The van der Waals surface area contributed by atoms with E-state index in [4.69, 9.17) is 0 Å². The van der Waals surface area contributed by atoms with Crippen molar-refractivity contribution in [3.63, 3.8) is 0 Å². The van der Waals surface area contributed by atoms with Gasteiger partial charge in [0.15, 0.2) is 0 Å². The third kappa shape index (κ3) is 1.80. The van der Waals surface area contributed by atoms with Crippen molar-refractivity contribution in [1.29, 1.82) is 0 Å². The zero-order valence-electron chi connectivity index (χ0n) is 8.52. The summed E-state index contributed by atoms with van der Waals surface area (Å²) in [5, 5.41) is 3.44. The second-order valence-electron chi connectivity index (χ2n) is 3.85. The molecule has 1 saturated heterocycles. The molecule has 2 rings (SSSR count). The molecule has 1 nitrogen and oxygen atoms in total. The molecule has 76 valence electrons. The molecule has 1 heterocycles. The summed E-state index contributed by atoms with van der Waals surface area (Å²) in [5.74, 6) is -0.122. The van der Waals surface area contributed by atoms with Gasteiger partial charge in [0.2, 0.25) is 0 Å². The minimum Gasteiger partial charge on any atom is -0.310 e. The number of hydrogen-bond donors (Lipinski definition) is 1. The number of rotatable bonds is 2. The third-order valence-corrected chi connectivity index (χ3v) is 2.92. The van der Waals surface area contributed by atoms with E-state index in [1.807, 2.05) is 6.07 Å². The summed E-state index contributed by atoms with van der Waals surface area (Å²) >= 11 is 0. The van der Waals surface area contributed by atoms with Crippen molar-refractivity contribution in [3.8, 4) is 0 Å². The van der Waals surface area contributed by atoms with Gasteiger partial charge in [0.25, 0.3) is 0 Å². The van der Waals surface area contributed by atoms with Crippen LogP contribution < -0.4 is 5.32 Å². The van der Waals surface area contributed by atoms with E-state index in [-0.39, 0.29) is 5.82 Å². The first-order valence-corrected chi connectivity index (χ1v) is 5.33. The van der Waals surface area contributed by atoms with Crippen LogP contribution in [0.1, 0.15) is 36.9 Å². The number of benzene rings is 1. The Balaban J connectivity index is 2.31. The van der Waals surface area contributed by atoms with Crippen LogP contribution in [0, 0.1) is 5.82 Å². The summed E-state index contributed by atoms with van der Waals surface area (Å²) in [6.07, 6.45) is 3.31.